The Labute approximate surface area is 110 Å². The van der Waals surface area contributed by atoms with Gasteiger partial charge in [-0.15, -0.1) is 0 Å². The Morgan fingerprint density at radius 3 is 2.68 bits per heavy atom. The number of ether oxygens (including phenoxy) is 1. The van der Waals surface area contributed by atoms with Crippen LogP contribution in [0.1, 0.15) is 17.5 Å². The third-order valence-electron chi connectivity index (χ3n) is 2.59. The van der Waals surface area contributed by atoms with E-state index in [9.17, 15) is 14.9 Å². The maximum Gasteiger partial charge on any atom is 0.320 e. The SMILES string of the molecule is Cc1cc(C)c(OCCC(N)C(=O)O)c([N+](=O)[O-])c1. The van der Waals surface area contributed by atoms with Crippen LogP contribution in [0.5, 0.6) is 5.75 Å². The van der Waals surface area contributed by atoms with Crippen molar-refractivity contribution in [3.63, 3.8) is 0 Å². The molecule has 0 saturated heterocycles. The largest absolute Gasteiger partial charge is 0.487 e. The fraction of sp³-hybridized carbons (Fsp3) is 0.417. The van der Waals surface area contributed by atoms with E-state index in [4.69, 9.17) is 15.6 Å². The van der Waals surface area contributed by atoms with E-state index >= 15 is 0 Å². The number of carboxylic acid groups (broad SMARTS) is 1. The van der Waals surface area contributed by atoms with Gasteiger partial charge in [-0.2, -0.15) is 0 Å². The summed E-state index contributed by atoms with van der Waals surface area (Å²) < 4.78 is 5.32. The van der Waals surface area contributed by atoms with Crippen molar-refractivity contribution < 1.29 is 19.6 Å². The molecule has 0 aliphatic rings. The monoisotopic (exact) mass is 268 g/mol. The summed E-state index contributed by atoms with van der Waals surface area (Å²) in [5, 5.41) is 19.6. The minimum Gasteiger partial charge on any atom is -0.487 e. The summed E-state index contributed by atoms with van der Waals surface area (Å²) in [5.74, 6) is -0.966. The van der Waals surface area contributed by atoms with E-state index in [0.717, 1.165) is 5.56 Å². The predicted octanol–water partition coefficient (Wildman–Crippen LogP) is 1.39. The molecule has 1 aromatic rings. The molecule has 7 heteroatoms. The normalized spacial score (nSPS) is 11.9. The zero-order valence-electron chi connectivity index (χ0n) is 10.8. The summed E-state index contributed by atoms with van der Waals surface area (Å²) in [6.45, 7) is 3.47. The zero-order chi connectivity index (χ0) is 14.6. The Bertz CT molecular complexity index is 501. The van der Waals surface area contributed by atoms with E-state index in [2.05, 4.69) is 0 Å². The van der Waals surface area contributed by atoms with Gasteiger partial charge in [0, 0.05) is 12.5 Å². The van der Waals surface area contributed by atoms with Crippen LogP contribution in [-0.4, -0.2) is 28.6 Å². The second-order valence-electron chi connectivity index (χ2n) is 4.27. The minimum absolute atomic E-state index is 0.0121. The quantitative estimate of drug-likeness (QED) is 0.595. The van der Waals surface area contributed by atoms with Gasteiger partial charge in [-0.05, 0) is 25.0 Å². The molecule has 0 radical (unpaired) electrons. The lowest BCUT2D eigenvalue weighted by molar-refractivity contribution is -0.386. The molecule has 104 valence electrons. The molecule has 0 saturated carbocycles. The topological polar surface area (TPSA) is 116 Å². The van der Waals surface area contributed by atoms with Gasteiger partial charge >= 0.3 is 11.7 Å². The average Bonchev–Trinajstić information content (AvgIpc) is 2.30. The predicted molar refractivity (Wildman–Crippen MR) is 68.3 cm³/mol. The van der Waals surface area contributed by atoms with E-state index in [0.29, 0.717) is 5.56 Å². The number of aliphatic carboxylic acids is 1. The van der Waals surface area contributed by atoms with Gasteiger partial charge in [-0.1, -0.05) is 6.07 Å². The van der Waals surface area contributed by atoms with Crippen molar-refractivity contribution in [2.24, 2.45) is 5.73 Å². The Balaban J connectivity index is 2.83. The first-order valence-corrected chi connectivity index (χ1v) is 5.69. The second kappa shape index (κ2) is 6.14. The summed E-state index contributed by atoms with van der Waals surface area (Å²) in [6.07, 6.45) is 0.0831. The van der Waals surface area contributed by atoms with Crippen molar-refractivity contribution in [2.75, 3.05) is 6.61 Å². The summed E-state index contributed by atoms with van der Waals surface area (Å²) in [6, 6.07) is 2.14. The molecule has 0 bridgehead atoms. The van der Waals surface area contributed by atoms with Crippen LogP contribution in [0.3, 0.4) is 0 Å². The number of aryl methyl sites for hydroxylation is 2. The van der Waals surface area contributed by atoms with Gasteiger partial charge in [-0.3, -0.25) is 14.9 Å². The third-order valence-corrected chi connectivity index (χ3v) is 2.59. The molecule has 1 rings (SSSR count). The minimum atomic E-state index is -1.13. The van der Waals surface area contributed by atoms with Crippen LogP contribution in [0.2, 0.25) is 0 Å². The molecule has 1 unspecified atom stereocenters. The van der Waals surface area contributed by atoms with E-state index in [1.807, 2.05) is 0 Å². The van der Waals surface area contributed by atoms with Crippen molar-refractivity contribution in [1.29, 1.82) is 0 Å². The van der Waals surface area contributed by atoms with Gasteiger partial charge in [0.1, 0.15) is 6.04 Å². The highest BCUT2D eigenvalue weighted by Gasteiger charge is 2.19. The van der Waals surface area contributed by atoms with Gasteiger partial charge in [0.15, 0.2) is 5.75 Å². The van der Waals surface area contributed by atoms with E-state index in [1.54, 1.807) is 19.9 Å². The van der Waals surface area contributed by atoms with Gasteiger partial charge in [0.05, 0.1) is 11.5 Å². The zero-order valence-corrected chi connectivity index (χ0v) is 10.8. The molecule has 3 N–H and O–H groups in total. The number of benzene rings is 1. The van der Waals surface area contributed by atoms with Crippen molar-refractivity contribution in [1.82, 2.24) is 0 Å². The lowest BCUT2D eigenvalue weighted by atomic mass is 10.1. The van der Waals surface area contributed by atoms with Crippen LogP contribution in [0, 0.1) is 24.0 Å². The van der Waals surface area contributed by atoms with Crippen molar-refractivity contribution in [3.8, 4) is 5.75 Å². The van der Waals surface area contributed by atoms with E-state index in [1.165, 1.54) is 6.07 Å². The first kappa shape index (κ1) is 14.9. The van der Waals surface area contributed by atoms with E-state index < -0.39 is 16.9 Å². The second-order valence-corrected chi connectivity index (χ2v) is 4.27. The fourth-order valence-electron chi connectivity index (χ4n) is 1.67. The van der Waals surface area contributed by atoms with Gasteiger partial charge in [0.25, 0.3) is 0 Å². The Morgan fingerprint density at radius 1 is 1.53 bits per heavy atom. The van der Waals surface area contributed by atoms with Gasteiger partial charge < -0.3 is 15.6 Å². The smallest absolute Gasteiger partial charge is 0.320 e. The number of nitro groups is 1. The summed E-state index contributed by atoms with van der Waals surface area (Å²) >= 11 is 0. The number of hydrogen-bond acceptors (Lipinski definition) is 5. The summed E-state index contributed by atoms with van der Waals surface area (Å²) in [7, 11) is 0. The molecule has 19 heavy (non-hydrogen) atoms. The van der Waals surface area contributed by atoms with Crippen molar-refractivity contribution in [3.05, 3.63) is 33.4 Å². The lowest BCUT2D eigenvalue weighted by Gasteiger charge is -2.11. The van der Waals surface area contributed by atoms with Gasteiger partial charge in [0.2, 0.25) is 0 Å². The Kier molecular flexibility index (Phi) is 4.82. The molecule has 0 aliphatic carbocycles. The van der Waals surface area contributed by atoms with Crippen molar-refractivity contribution in [2.45, 2.75) is 26.3 Å². The number of nitrogens with two attached hydrogens (primary N) is 1. The highest BCUT2D eigenvalue weighted by Crippen LogP contribution is 2.32. The summed E-state index contributed by atoms with van der Waals surface area (Å²) in [5.41, 5.74) is 6.60. The standard InChI is InChI=1S/C12H16N2O5/c1-7-5-8(2)11(10(6-7)14(17)18)19-4-3-9(13)12(15)16/h5-6,9H,3-4,13H2,1-2H3,(H,15,16). The molecule has 1 aromatic carbocycles. The molecule has 0 spiro atoms. The number of carbonyl (C=O) groups is 1. The van der Waals surface area contributed by atoms with Crippen LogP contribution >= 0.6 is 0 Å². The number of nitrogens with zero attached hydrogens (tertiary/aromatic N) is 1. The average molecular weight is 268 g/mol. The Hall–Kier alpha value is -2.15. The fourth-order valence-corrected chi connectivity index (χ4v) is 1.67. The first-order chi connectivity index (χ1) is 8.82. The van der Waals surface area contributed by atoms with Gasteiger partial charge in [-0.25, -0.2) is 0 Å². The molecule has 7 nitrogen and oxygen atoms in total. The highest BCUT2D eigenvalue weighted by molar-refractivity contribution is 5.73. The maximum atomic E-state index is 10.9. The third kappa shape index (κ3) is 3.92. The van der Waals surface area contributed by atoms with E-state index in [-0.39, 0.29) is 24.5 Å². The molecule has 0 aromatic heterocycles. The number of nitro benzene ring substituents is 1. The maximum absolute atomic E-state index is 10.9. The molecule has 0 heterocycles. The summed E-state index contributed by atoms with van der Waals surface area (Å²) in [4.78, 5) is 21.0. The highest BCUT2D eigenvalue weighted by atomic mass is 16.6. The van der Waals surface area contributed by atoms with Crippen LogP contribution in [0.4, 0.5) is 5.69 Å². The number of carboxylic acids is 1. The molecular formula is C12H16N2O5. The molecular weight excluding hydrogens is 252 g/mol. The van der Waals surface area contributed by atoms with Crippen LogP contribution in [-0.2, 0) is 4.79 Å². The molecule has 0 fully saturated rings. The van der Waals surface area contributed by atoms with Crippen LogP contribution in [0.15, 0.2) is 12.1 Å². The Morgan fingerprint density at radius 2 is 2.16 bits per heavy atom. The number of rotatable bonds is 6. The molecule has 1 atom stereocenters. The van der Waals surface area contributed by atoms with Crippen LogP contribution < -0.4 is 10.5 Å². The number of hydrogen-bond donors (Lipinski definition) is 2. The van der Waals surface area contributed by atoms with Crippen LogP contribution in [0.25, 0.3) is 0 Å². The lowest BCUT2D eigenvalue weighted by Crippen LogP contribution is -2.31. The van der Waals surface area contributed by atoms with Crippen molar-refractivity contribution >= 4 is 11.7 Å². The molecule has 0 aliphatic heterocycles. The molecule has 0 amide bonds. The first-order valence-electron chi connectivity index (χ1n) is 5.69.